The Balaban J connectivity index is 2.11. The molecule has 0 unspecified atom stereocenters. The maximum absolute atomic E-state index is 11.9. The van der Waals surface area contributed by atoms with E-state index in [0.717, 1.165) is 0 Å². The third-order valence-electron chi connectivity index (χ3n) is 2.84. The van der Waals surface area contributed by atoms with E-state index < -0.39 is 5.97 Å². The van der Waals surface area contributed by atoms with Gasteiger partial charge < -0.3 is 20.5 Å². The van der Waals surface area contributed by atoms with Gasteiger partial charge in [0, 0.05) is 11.9 Å². The summed E-state index contributed by atoms with van der Waals surface area (Å²) in [6.45, 7) is 1.62. The van der Waals surface area contributed by atoms with Crippen LogP contribution in [0.1, 0.15) is 21.6 Å². The van der Waals surface area contributed by atoms with Crippen LogP contribution in [0, 0.1) is 6.92 Å². The molecule has 0 bridgehead atoms. The van der Waals surface area contributed by atoms with Crippen molar-refractivity contribution in [3.63, 3.8) is 0 Å². The number of hydrogen-bond donors (Lipinski definition) is 4. The lowest BCUT2D eigenvalue weighted by Gasteiger charge is -2.05. The molecule has 0 fully saturated rings. The molecule has 0 aliphatic carbocycles. The number of H-pyrrole nitrogens is 1. The number of rotatable bonds is 4. The third-order valence-corrected chi connectivity index (χ3v) is 2.84. The minimum atomic E-state index is -1.10. The van der Waals surface area contributed by atoms with Crippen LogP contribution in [0.3, 0.4) is 0 Å². The van der Waals surface area contributed by atoms with Gasteiger partial charge in [0.05, 0.1) is 12.1 Å². The lowest BCUT2D eigenvalue weighted by atomic mass is 10.1. The van der Waals surface area contributed by atoms with Crippen LogP contribution < -0.4 is 5.32 Å². The highest BCUT2D eigenvalue weighted by Gasteiger charge is 2.17. The van der Waals surface area contributed by atoms with Gasteiger partial charge in [-0.1, -0.05) is 12.1 Å². The molecule has 104 valence electrons. The lowest BCUT2D eigenvalue weighted by Crippen LogP contribution is -2.16. The standard InChI is InChI=1S/C14H14N2O4/c1-8-13(14(19)20)11(7-15-8)16-12(18)6-9-3-2-4-10(17)5-9/h2-5,7,15,17H,6H2,1H3,(H,16,18)(H,19,20). The molecule has 2 aromatic rings. The first-order valence-corrected chi connectivity index (χ1v) is 5.96. The summed E-state index contributed by atoms with van der Waals surface area (Å²) < 4.78 is 0. The van der Waals surface area contributed by atoms with E-state index in [4.69, 9.17) is 5.11 Å². The van der Waals surface area contributed by atoms with E-state index in [-0.39, 0.29) is 29.3 Å². The predicted octanol–water partition coefficient (Wildman–Crippen LogP) is 1.91. The topological polar surface area (TPSA) is 102 Å². The fourth-order valence-electron chi connectivity index (χ4n) is 1.95. The fourth-order valence-corrected chi connectivity index (χ4v) is 1.95. The van der Waals surface area contributed by atoms with Crippen molar-refractivity contribution in [1.29, 1.82) is 0 Å². The number of benzene rings is 1. The number of hydrogen-bond acceptors (Lipinski definition) is 3. The number of amides is 1. The number of carboxylic acids is 1. The number of aromatic amines is 1. The average Bonchev–Trinajstić information content (AvgIpc) is 2.70. The van der Waals surface area contributed by atoms with Crippen molar-refractivity contribution in [3.05, 3.63) is 47.3 Å². The number of carbonyl (C=O) groups excluding carboxylic acids is 1. The van der Waals surface area contributed by atoms with E-state index in [0.29, 0.717) is 11.3 Å². The molecular weight excluding hydrogens is 260 g/mol. The Bertz CT molecular complexity index is 661. The molecule has 0 spiro atoms. The van der Waals surface area contributed by atoms with E-state index in [1.54, 1.807) is 19.1 Å². The molecule has 1 amide bonds. The number of nitrogens with one attached hydrogen (secondary N) is 2. The molecule has 0 saturated heterocycles. The largest absolute Gasteiger partial charge is 0.508 e. The maximum atomic E-state index is 11.9. The highest BCUT2D eigenvalue weighted by Crippen LogP contribution is 2.19. The average molecular weight is 274 g/mol. The highest BCUT2D eigenvalue weighted by molar-refractivity contribution is 6.01. The summed E-state index contributed by atoms with van der Waals surface area (Å²) in [5.41, 5.74) is 1.41. The van der Waals surface area contributed by atoms with Gasteiger partial charge in [0.15, 0.2) is 0 Å². The Morgan fingerprint density at radius 1 is 1.35 bits per heavy atom. The summed E-state index contributed by atoms with van der Waals surface area (Å²) >= 11 is 0. The Kier molecular flexibility index (Phi) is 3.74. The SMILES string of the molecule is Cc1[nH]cc(NC(=O)Cc2cccc(O)c2)c1C(=O)O. The first-order valence-electron chi connectivity index (χ1n) is 5.96. The van der Waals surface area contributed by atoms with Crippen LogP contribution in [0.25, 0.3) is 0 Å². The van der Waals surface area contributed by atoms with Gasteiger partial charge in [0.25, 0.3) is 0 Å². The number of carbonyl (C=O) groups is 2. The second-order valence-corrected chi connectivity index (χ2v) is 4.40. The molecular formula is C14H14N2O4. The zero-order valence-electron chi connectivity index (χ0n) is 10.8. The van der Waals surface area contributed by atoms with Gasteiger partial charge in [-0.15, -0.1) is 0 Å². The van der Waals surface area contributed by atoms with Crippen LogP contribution in [0.2, 0.25) is 0 Å². The first-order chi connectivity index (χ1) is 9.47. The molecule has 20 heavy (non-hydrogen) atoms. The Morgan fingerprint density at radius 3 is 2.75 bits per heavy atom. The number of phenols is 1. The number of aromatic nitrogens is 1. The number of phenolic OH excluding ortho intramolecular Hbond substituents is 1. The summed E-state index contributed by atoms with van der Waals surface area (Å²) in [4.78, 5) is 25.7. The van der Waals surface area contributed by atoms with Crippen molar-refractivity contribution in [3.8, 4) is 5.75 Å². The lowest BCUT2D eigenvalue weighted by molar-refractivity contribution is -0.115. The van der Waals surface area contributed by atoms with Crippen LogP contribution in [-0.4, -0.2) is 27.1 Å². The van der Waals surface area contributed by atoms with Gasteiger partial charge in [-0.2, -0.15) is 0 Å². The van der Waals surface area contributed by atoms with E-state index in [2.05, 4.69) is 10.3 Å². The molecule has 0 aliphatic rings. The van der Waals surface area contributed by atoms with Crippen molar-refractivity contribution < 1.29 is 19.8 Å². The van der Waals surface area contributed by atoms with Gasteiger partial charge in [0.1, 0.15) is 11.3 Å². The van der Waals surface area contributed by atoms with Gasteiger partial charge in [-0.05, 0) is 24.6 Å². The molecule has 0 saturated carbocycles. The van der Waals surface area contributed by atoms with E-state index in [9.17, 15) is 14.7 Å². The smallest absolute Gasteiger partial charge is 0.339 e. The van der Waals surface area contributed by atoms with Gasteiger partial charge in [0.2, 0.25) is 5.91 Å². The molecule has 4 N–H and O–H groups in total. The molecule has 1 aromatic carbocycles. The van der Waals surface area contributed by atoms with Gasteiger partial charge >= 0.3 is 5.97 Å². The van der Waals surface area contributed by atoms with Crippen LogP contribution >= 0.6 is 0 Å². The molecule has 2 rings (SSSR count). The van der Waals surface area contributed by atoms with Crippen molar-refractivity contribution in [2.45, 2.75) is 13.3 Å². The van der Waals surface area contributed by atoms with Gasteiger partial charge in [-0.25, -0.2) is 4.79 Å². The van der Waals surface area contributed by atoms with Crippen LogP contribution in [-0.2, 0) is 11.2 Å². The molecule has 6 nitrogen and oxygen atoms in total. The van der Waals surface area contributed by atoms with Gasteiger partial charge in [-0.3, -0.25) is 4.79 Å². The molecule has 6 heteroatoms. The molecule has 1 heterocycles. The third kappa shape index (κ3) is 2.97. The minimum absolute atomic E-state index is 0.0502. The Labute approximate surface area is 115 Å². The number of aromatic carboxylic acids is 1. The molecule has 0 atom stereocenters. The van der Waals surface area contributed by atoms with E-state index in [1.165, 1.54) is 18.3 Å². The quantitative estimate of drug-likeness (QED) is 0.683. The van der Waals surface area contributed by atoms with Crippen LogP contribution in [0.15, 0.2) is 30.5 Å². The second-order valence-electron chi connectivity index (χ2n) is 4.40. The van der Waals surface area contributed by atoms with Crippen molar-refractivity contribution in [2.24, 2.45) is 0 Å². The summed E-state index contributed by atoms with van der Waals surface area (Å²) in [6, 6.07) is 6.35. The van der Waals surface area contributed by atoms with Crippen molar-refractivity contribution in [2.75, 3.05) is 5.32 Å². The fraction of sp³-hybridized carbons (Fsp3) is 0.143. The number of anilines is 1. The molecule has 0 radical (unpaired) electrons. The summed E-state index contributed by atoms with van der Waals surface area (Å²) in [5.74, 6) is -1.37. The van der Waals surface area contributed by atoms with Crippen molar-refractivity contribution in [1.82, 2.24) is 4.98 Å². The summed E-state index contributed by atoms with van der Waals surface area (Å²) in [6.07, 6.45) is 1.50. The zero-order valence-corrected chi connectivity index (χ0v) is 10.8. The highest BCUT2D eigenvalue weighted by atomic mass is 16.4. The Hall–Kier alpha value is -2.76. The number of aromatic hydroxyl groups is 1. The monoisotopic (exact) mass is 274 g/mol. The van der Waals surface area contributed by atoms with Crippen LogP contribution in [0.5, 0.6) is 5.75 Å². The normalized spacial score (nSPS) is 10.2. The van der Waals surface area contributed by atoms with Crippen LogP contribution in [0.4, 0.5) is 5.69 Å². The van der Waals surface area contributed by atoms with E-state index >= 15 is 0 Å². The number of aryl methyl sites for hydroxylation is 1. The minimum Gasteiger partial charge on any atom is -0.508 e. The van der Waals surface area contributed by atoms with Crippen molar-refractivity contribution >= 4 is 17.6 Å². The number of carboxylic acid groups (broad SMARTS) is 1. The Morgan fingerprint density at radius 2 is 2.10 bits per heavy atom. The second kappa shape index (κ2) is 5.48. The maximum Gasteiger partial charge on any atom is 0.339 e. The first kappa shape index (κ1) is 13.7. The zero-order chi connectivity index (χ0) is 14.7. The molecule has 1 aromatic heterocycles. The predicted molar refractivity (Wildman–Crippen MR) is 72.9 cm³/mol. The molecule has 0 aliphatic heterocycles. The van der Waals surface area contributed by atoms with E-state index in [1.807, 2.05) is 0 Å². The summed E-state index contributed by atoms with van der Waals surface area (Å²) in [7, 11) is 0. The summed E-state index contributed by atoms with van der Waals surface area (Å²) in [5, 5.41) is 20.9.